The fraction of sp³-hybridized carbons (Fsp3) is 0.500. The summed E-state index contributed by atoms with van der Waals surface area (Å²) in [4.78, 5) is 26.3. The summed E-state index contributed by atoms with van der Waals surface area (Å²) in [5, 5.41) is 8.75. The molecule has 3 atom stereocenters. The molecule has 23 heavy (non-hydrogen) atoms. The molecule has 6 nitrogen and oxygen atoms in total. The summed E-state index contributed by atoms with van der Waals surface area (Å²) in [7, 11) is 0. The molecule has 0 radical (unpaired) electrons. The maximum absolute atomic E-state index is 12.5. The monoisotopic (exact) mass is 340 g/mol. The summed E-state index contributed by atoms with van der Waals surface area (Å²) in [5.74, 6) is -0.0518. The number of urea groups is 1. The van der Waals surface area contributed by atoms with Crippen molar-refractivity contribution in [3.63, 3.8) is 0 Å². The van der Waals surface area contributed by atoms with Gasteiger partial charge in [-0.25, -0.2) is 4.79 Å². The molecule has 128 valence electrons. The Hall–Kier alpha value is -1.79. The van der Waals surface area contributed by atoms with Gasteiger partial charge in [0.25, 0.3) is 0 Å². The summed E-state index contributed by atoms with van der Waals surface area (Å²) in [6.45, 7) is 7.24. The number of anilines is 1. The third-order valence-electron chi connectivity index (χ3n) is 4.07. The second-order valence-electron chi connectivity index (χ2n) is 5.70. The van der Waals surface area contributed by atoms with Gasteiger partial charge in [0, 0.05) is 30.9 Å². The Morgan fingerprint density at radius 2 is 1.91 bits per heavy atom. The quantitative estimate of drug-likeness (QED) is 0.786. The van der Waals surface area contributed by atoms with Crippen molar-refractivity contribution in [1.82, 2.24) is 15.5 Å². The minimum atomic E-state index is -0.559. The fourth-order valence-corrected chi connectivity index (χ4v) is 2.56. The van der Waals surface area contributed by atoms with Crippen LogP contribution in [0.25, 0.3) is 0 Å². The Bertz CT molecular complexity index is 526. The molecule has 0 saturated carbocycles. The largest absolute Gasteiger partial charge is 0.335 e. The predicted molar refractivity (Wildman–Crippen MR) is 93.9 cm³/mol. The highest BCUT2D eigenvalue weighted by molar-refractivity contribution is 5.93. The van der Waals surface area contributed by atoms with Crippen LogP contribution in [0.4, 0.5) is 10.5 Å². The highest BCUT2D eigenvalue weighted by atomic mass is 35.5. The van der Waals surface area contributed by atoms with Crippen molar-refractivity contribution < 1.29 is 9.59 Å². The first-order valence-electron chi connectivity index (χ1n) is 7.65. The third kappa shape index (κ3) is 5.11. The second kappa shape index (κ2) is 8.74. The van der Waals surface area contributed by atoms with Gasteiger partial charge < -0.3 is 20.9 Å². The molecule has 3 N–H and O–H groups in total. The summed E-state index contributed by atoms with van der Waals surface area (Å²) in [6, 6.07) is 8.59. The molecule has 3 amide bonds. The number of rotatable bonds is 3. The number of piperazine rings is 1. The highest BCUT2D eigenvalue weighted by Gasteiger charge is 2.31. The number of carbonyl (C=O) groups excluding carboxylic acids is 2. The average molecular weight is 341 g/mol. The molecule has 1 aromatic rings. The van der Waals surface area contributed by atoms with Crippen molar-refractivity contribution in [1.29, 1.82) is 0 Å². The lowest BCUT2D eigenvalue weighted by Gasteiger charge is -2.39. The summed E-state index contributed by atoms with van der Waals surface area (Å²) < 4.78 is 0. The first-order valence-corrected chi connectivity index (χ1v) is 7.65. The smallest absolute Gasteiger partial charge is 0.319 e. The molecule has 0 bridgehead atoms. The van der Waals surface area contributed by atoms with Crippen molar-refractivity contribution in [3.8, 4) is 0 Å². The van der Waals surface area contributed by atoms with E-state index in [2.05, 4.69) is 22.9 Å². The Balaban J connectivity index is 0.00000264. The maximum atomic E-state index is 12.5. The van der Waals surface area contributed by atoms with Gasteiger partial charge in [0.15, 0.2) is 0 Å². The van der Waals surface area contributed by atoms with Crippen LogP contribution in [0.5, 0.6) is 0 Å². The molecule has 0 spiro atoms. The number of nitrogens with one attached hydrogen (secondary N) is 3. The number of hydrogen-bond acceptors (Lipinski definition) is 3. The first kappa shape index (κ1) is 19.3. The van der Waals surface area contributed by atoms with Crippen LogP contribution in [0, 0.1) is 0 Å². The van der Waals surface area contributed by atoms with Gasteiger partial charge in [-0.2, -0.15) is 0 Å². The van der Waals surface area contributed by atoms with Gasteiger partial charge in [0.05, 0.1) is 0 Å². The zero-order valence-corrected chi connectivity index (χ0v) is 14.5. The van der Waals surface area contributed by atoms with E-state index in [0.717, 1.165) is 6.54 Å². The van der Waals surface area contributed by atoms with Gasteiger partial charge in [0.1, 0.15) is 6.04 Å². The number of amides is 3. The van der Waals surface area contributed by atoms with Gasteiger partial charge in [0.2, 0.25) is 5.91 Å². The number of para-hydroxylation sites is 1. The van der Waals surface area contributed by atoms with E-state index in [9.17, 15) is 9.59 Å². The highest BCUT2D eigenvalue weighted by Crippen LogP contribution is 2.11. The number of hydrogen-bond donors (Lipinski definition) is 3. The predicted octanol–water partition coefficient (Wildman–Crippen LogP) is 1.83. The molecule has 0 aromatic heterocycles. The lowest BCUT2D eigenvalue weighted by Crippen LogP contribution is -2.60. The zero-order chi connectivity index (χ0) is 16.1. The molecule has 0 aliphatic carbocycles. The van der Waals surface area contributed by atoms with Crippen molar-refractivity contribution in [2.45, 2.75) is 38.9 Å². The van der Waals surface area contributed by atoms with Gasteiger partial charge >= 0.3 is 6.03 Å². The van der Waals surface area contributed by atoms with E-state index >= 15 is 0 Å². The van der Waals surface area contributed by atoms with E-state index in [1.807, 2.05) is 30.0 Å². The second-order valence-corrected chi connectivity index (χ2v) is 5.70. The molecule has 1 aromatic carbocycles. The van der Waals surface area contributed by atoms with E-state index < -0.39 is 6.04 Å². The van der Waals surface area contributed by atoms with Crippen LogP contribution in [0.2, 0.25) is 0 Å². The fourth-order valence-electron chi connectivity index (χ4n) is 2.56. The standard InChI is InChI=1S/C16H24N4O2.ClH/c1-11-13(3)20(10-9-17-11)15(21)12(2)18-16(22)19-14-7-5-4-6-8-14;/h4-8,11-13,17H,9-10H2,1-3H3,(H2,18,19,22);1H. The first-order chi connectivity index (χ1) is 10.5. The Morgan fingerprint density at radius 3 is 2.57 bits per heavy atom. The van der Waals surface area contributed by atoms with Crippen LogP contribution in [0.3, 0.4) is 0 Å². The van der Waals surface area contributed by atoms with E-state index in [-0.39, 0.29) is 36.4 Å². The van der Waals surface area contributed by atoms with E-state index in [0.29, 0.717) is 12.2 Å². The number of nitrogens with zero attached hydrogens (tertiary/aromatic N) is 1. The molecule has 1 aliphatic rings. The van der Waals surface area contributed by atoms with Crippen LogP contribution in [0.1, 0.15) is 20.8 Å². The van der Waals surface area contributed by atoms with Crippen LogP contribution < -0.4 is 16.0 Å². The van der Waals surface area contributed by atoms with Crippen LogP contribution in [-0.2, 0) is 4.79 Å². The number of carbonyl (C=O) groups is 2. The minimum absolute atomic E-state index is 0. The molecule has 7 heteroatoms. The van der Waals surface area contributed by atoms with Crippen LogP contribution in [0.15, 0.2) is 30.3 Å². The van der Waals surface area contributed by atoms with Gasteiger partial charge in [-0.3, -0.25) is 4.79 Å². The molecular weight excluding hydrogens is 316 g/mol. The maximum Gasteiger partial charge on any atom is 0.319 e. The lowest BCUT2D eigenvalue weighted by molar-refractivity contribution is -0.136. The topological polar surface area (TPSA) is 73.5 Å². The van der Waals surface area contributed by atoms with E-state index in [4.69, 9.17) is 0 Å². The van der Waals surface area contributed by atoms with Crippen molar-refractivity contribution >= 4 is 30.0 Å². The Kier molecular flexibility index (Phi) is 7.32. The van der Waals surface area contributed by atoms with E-state index in [1.165, 1.54) is 0 Å². The van der Waals surface area contributed by atoms with E-state index in [1.54, 1.807) is 19.1 Å². The van der Waals surface area contributed by atoms with Gasteiger partial charge in [-0.05, 0) is 32.9 Å². The lowest BCUT2D eigenvalue weighted by atomic mass is 10.1. The molecule has 1 heterocycles. The van der Waals surface area contributed by atoms with Crippen molar-refractivity contribution in [3.05, 3.63) is 30.3 Å². The summed E-state index contributed by atoms with van der Waals surface area (Å²) >= 11 is 0. The van der Waals surface area contributed by atoms with Gasteiger partial charge in [-0.15, -0.1) is 12.4 Å². The molecule has 1 fully saturated rings. The molecule has 1 aliphatic heterocycles. The SMILES string of the molecule is CC(NC(=O)Nc1ccccc1)C(=O)N1CCNC(C)C1C.Cl. The molecule has 1 saturated heterocycles. The van der Waals surface area contributed by atoms with Crippen molar-refractivity contribution in [2.24, 2.45) is 0 Å². The van der Waals surface area contributed by atoms with Crippen molar-refractivity contribution in [2.75, 3.05) is 18.4 Å². The minimum Gasteiger partial charge on any atom is -0.335 e. The number of benzene rings is 1. The molecular formula is C16H25ClN4O2. The molecule has 3 unspecified atom stereocenters. The normalized spacial score (nSPS) is 21.8. The summed E-state index contributed by atoms with van der Waals surface area (Å²) in [5.41, 5.74) is 0.698. The Morgan fingerprint density at radius 1 is 1.26 bits per heavy atom. The zero-order valence-electron chi connectivity index (χ0n) is 13.7. The van der Waals surface area contributed by atoms with Crippen LogP contribution in [-0.4, -0.2) is 48.1 Å². The van der Waals surface area contributed by atoms with Gasteiger partial charge in [-0.1, -0.05) is 18.2 Å². The van der Waals surface area contributed by atoms with Crippen LogP contribution >= 0.6 is 12.4 Å². The summed E-state index contributed by atoms with van der Waals surface area (Å²) in [6.07, 6.45) is 0. The third-order valence-corrected chi connectivity index (χ3v) is 4.07. The average Bonchev–Trinajstić information content (AvgIpc) is 2.50. The Labute approximate surface area is 143 Å². The molecule has 2 rings (SSSR count). The number of halogens is 1.